The van der Waals surface area contributed by atoms with Crippen molar-refractivity contribution in [3.8, 4) is 0 Å². The minimum Gasteiger partial charge on any atom is -0.380 e. The van der Waals surface area contributed by atoms with Crippen LogP contribution in [-0.2, 0) is 11.3 Å². The van der Waals surface area contributed by atoms with Gasteiger partial charge in [0.2, 0.25) is 5.92 Å². The van der Waals surface area contributed by atoms with Crippen LogP contribution in [0.1, 0.15) is 44.3 Å². The van der Waals surface area contributed by atoms with E-state index in [-0.39, 0.29) is 24.9 Å². The predicted molar refractivity (Wildman–Crippen MR) is 90.1 cm³/mol. The van der Waals surface area contributed by atoms with Gasteiger partial charge in [-0.25, -0.2) is 13.8 Å². The summed E-state index contributed by atoms with van der Waals surface area (Å²) in [6.45, 7) is 2.67. The van der Waals surface area contributed by atoms with Crippen molar-refractivity contribution in [3.63, 3.8) is 0 Å². The van der Waals surface area contributed by atoms with E-state index in [1.807, 2.05) is 25.1 Å². The van der Waals surface area contributed by atoms with Crippen LogP contribution in [0.25, 0.3) is 11.0 Å². The average Bonchev–Trinajstić information content (AvgIpc) is 2.85. The highest BCUT2D eigenvalue weighted by Gasteiger charge is 2.37. The molecule has 1 fully saturated rings. The Kier molecular flexibility index (Phi) is 4.74. The zero-order chi connectivity index (χ0) is 16.6. The van der Waals surface area contributed by atoms with Crippen molar-refractivity contribution < 1.29 is 13.5 Å². The Labute approximate surface area is 143 Å². The lowest BCUT2D eigenvalue weighted by atomic mass is 9.86. The number of hydrogen-bond donors (Lipinski definition) is 0. The first-order valence-corrected chi connectivity index (χ1v) is 8.75. The maximum Gasteiger partial charge on any atom is 0.248 e. The van der Waals surface area contributed by atoms with Crippen LogP contribution in [-0.4, -0.2) is 28.7 Å². The number of alkyl halides is 2. The fourth-order valence-corrected chi connectivity index (χ4v) is 3.60. The predicted octanol–water partition coefficient (Wildman–Crippen LogP) is 5.13. The van der Waals surface area contributed by atoms with Gasteiger partial charge in [-0.05, 0) is 38.0 Å². The van der Waals surface area contributed by atoms with Crippen LogP contribution >= 0.6 is 15.9 Å². The molecule has 6 heteroatoms. The molecule has 23 heavy (non-hydrogen) atoms. The first-order chi connectivity index (χ1) is 10.9. The molecule has 0 aliphatic heterocycles. The van der Waals surface area contributed by atoms with E-state index in [1.165, 1.54) is 0 Å². The lowest BCUT2D eigenvalue weighted by Crippen LogP contribution is -2.26. The molecule has 0 bridgehead atoms. The van der Waals surface area contributed by atoms with Crippen molar-refractivity contribution in [3.05, 3.63) is 28.5 Å². The van der Waals surface area contributed by atoms with Crippen LogP contribution in [0.15, 0.2) is 22.7 Å². The maximum atomic E-state index is 13.5. The molecule has 0 N–H and O–H groups in total. The quantitative estimate of drug-likeness (QED) is 0.728. The van der Waals surface area contributed by atoms with E-state index < -0.39 is 5.92 Å². The summed E-state index contributed by atoms with van der Waals surface area (Å²) in [7, 11) is 1.68. The van der Waals surface area contributed by atoms with Gasteiger partial charge >= 0.3 is 0 Å². The Morgan fingerprint density at radius 3 is 2.74 bits per heavy atom. The van der Waals surface area contributed by atoms with Gasteiger partial charge in [0.1, 0.15) is 5.82 Å². The van der Waals surface area contributed by atoms with E-state index in [2.05, 4.69) is 20.5 Å². The summed E-state index contributed by atoms with van der Waals surface area (Å²) >= 11 is 3.50. The topological polar surface area (TPSA) is 27.1 Å². The minimum atomic E-state index is -2.52. The van der Waals surface area contributed by atoms with Crippen LogP contribution in [0.5, 0.6) is 0 Å². The SMILES string of the molecule is COC(C)Cn1c(C2CCC(F)(F)CC2)nc2ccc(Br)cc21. The third-order valence-electron chi connectivity index (χ3n) is 4.66. The van der Waals surface area contributed by atoms with Gasteiger partial charge in [-0.15, -0.1) is 0 Å². The Morgan fingerprint density at radius 1 is 1.39 bits per heavy atom. The van der Waals surface area contributed by atoms with E-state index in [0.29, 0.717) is 19.4 Å². The number of nitrogens with zero attached hydrogens (tertiary/aromatic N) is 2. The van der Waals surface area contributed by atoms with Crippen LogP contribution in [0.3, 0.4) is 0 Å². The Bertz CT molecular complexity index is 691. The number of methoxy groups -OCH3 is 1. The molecule has 0 spiro atoms. The summed E-state index contributed by atoms with van der Waals surface area (Å²) in [6.07, 6.45) is 0.905. The molecule has 1 aromatic carbocycles. The number of imidazole rings is 1. The first-order valence-electron chi connectivity index (χ1n) is 7.96. The molecule has 0 saturated heterocycles. The first kappa shape index (κ1) is 16.8. The maximum absolute atomic E-state index is 13.5. The standard InChI is InChI=1S/C17H21BrF2N2O/c1-11(23-2)10-22-15-9-13(18)3-4-14(15)21-16(22)12-5-7-17(19,20)8-6-12/h3-4,9,11-12H,5-8,10H2,1-2H3. The van der Waals surface area contributed by atoms with Gasteiger partial charge in [0, 0.05) is 30.3 Å². The molecule has 1 aliphatic carbocycles. The molecule has 3 nitrogen and oxygen atoms in total. The molecule has 2 aromatic rings. The van der Waals surface area contributed by atoms with Gasteiger partial charge in [0.15, 0.2) is 0 Å². The normalized spacial score (nSPS) is 20.0. The molecule has 1 heterocycles. The molecule has 126 valence electrons. The Balaban J connectivity index is 1.99. The van der Waals surface area contributed by atoms with E-state index in [9.17, 15) is 8.78 Å². The van der Waals surface area contributed by atoms with Crippen molar-refractivity contribution in [2.75, 3.05) is 7.11 Å². The van der Waals surface area contributed by atoms with Gasteiger partial charge in [-0.3, -0.25) is 0 Å². The number of fused-ring (bicyclic) bond motifs is 1. The van der Waals surface area contributed by atoms with E-state index in [0.717, 1.165) is 21.3 Å². The largest absolute Gasteiger partial charge is 0.380 e. The number of benzene rings is 1. The highest BCUT2D eigenvalue weighted by Crippen LogP contribution is 2.41. The molecule has 3 rings (SSSR count). The average molecular weight is 387 g/mol. The number of aromatic nitrogens is 2. The third kappa shape index (κ3) is 3.58. The summed E-state index contributed by atoms with van der Waals surface area (Å²) in [4.78, 5) is 4.75. The van der Waals surface area contributed by atoms with Crippen LogP contribution < -0.4 is 0 Å². The lowest BCUT2D eigenvalue weighted by molar-refractivity contribution is -0.0390. The minimum absolute atomic E-state index is 0.0372. The molecule has 1 saturated carbocycles. The van der Waals surface area contributed by atoms with Gasteiger partial charge < -0.3 is 9.30 Å². The molecule has 1 aromatic heterocycles. The summed E-state index contributed by atoms with van der Waals surface area (Å²) in [5, 5.41) is 0. The van der Waals surface area contributed by atoms with Gasteiger partial charge in [-0.1, -0.05) is 15.9 Å². The fourth-order valence-electron chi connectivity index (χ4n) is 3.25. The third-order valence-corrected chi connectivity index (χ3v) is 5.16. The Morgan fingerprint density at radius 2 is 2.09 bits per heavy atom. The summed E-state index contributed by atoms with van der Waals surface area (Å²) < 4.78 is 35.4. The Hall–Kier alpha value is -1.01. The van der Waals surface area contributed by atoms with E-state index in [4.69, 9.17) is 9.72 Å². The molecule has 1 unspecified atom stereocenters. The van der Waals surface area contributed by atoms with Gasteiger partial charge in [0.25, 0.3) is 0 Å². The molecule has 1 atom stereocenters. The molecule has 1 aliphatic rings. The van der Waals surface area contributed by atoms with Crippen molar-refractivity contribution in [2.45, 2.75) is 57.1 Å². The van der Waals surface area contributed by atoms with Crippen molar-refractivity contribution >= 4 is 27.0 Å². The number of hydrogen-bond acceptors (Lipinski definition) is 2. The molecule has 0 amide bonds. The second-order valence-electron chi connectivity index (χ2n) is 6.39. The van der Waals surface area contributed by atoms with Gasteiger partial charge in [-0.2, -0.15) is 0 Å². The zero-order valence-corrected chi connectivity index (χ0v) is 14.9. The molecule has 0 radical (unpaired) electrons. The molecular formula is C17H21BrF2N2O. The second kappa shape index (κ2) is 6.48. The van der Waals surface area contributed by atoms with E-state index in [1.54, 1.807) is 7.11 Å². The summed E-state index contributed by atoms with van der Waals surface area (Å²) in [5.74, 6) is -1.52. The zero-order valence-electron chi connectivity index (χ0n) is 13.4. The smallest absolute Gasteiger partial charge is 0.248 e. The fraction of sp³-hybridized carbons (Fsp3) is 0.588. The monoisotopic (exact) mass is 386 g/mol. The number of halogens is 3. The highest BCUT2D eigenvalue weighted by molar-refractivity contribution is 9.10. The summed E-state index contributed by atoms with van der Waals surface area (Å²) in [6, 6.07) is 5.96. The second-order valence-corrected chi connectivity index (χ2v) is 7.31. The van der Waals surface area contributed by atoms with Crippen LogP contribution in [0, 0.1) is 0 Å². The highest BCUT2D eigenvalue weighted by atomic mass is 79.9. The van der Waals surface area contributed by atoms with E-state index >= 15 is 0 Å². The van der Waals surface area contributed by atoms with Crippen molar-refractivity contribution in [1.82, 2.24) is 9.55 Å². The number of rotatable bonds is 4. The number of ether oxygens (including phenoxy) is 1. The van der Waals surface area contributed by atoms with Crippen molar-refractivity contribution in [1.29, 1.82) is 0 Å². The van der Waals surface area contributed by atoms with Gasteiger partial charge in [0.05, 0.1) is 23.7 Å². The van der Waals surface area contributed by atoms with Crippen LogP contribution in [0.2, 0.25) is 0 Å². The van der Waals surface area contributed by atoms with Crippen LogP contribution in [0.4, 0.5) is 8.78 Å². The summed E-state index contributed by atoms with van der Waals surface area (Å²) in [5.41, 5.74) is 1.93. The lowest BCUT2D eigenvalue weighted by Gasteiger charge is -2.28. The van der Waals surface area contributed by atoms with Crippen molar-refractivity contribution in [2.24, 2.45) is 0 Å². The molecular weight excluding hydrogens is 366 g/mol.